The predicted octanol–water partition coefficient (Wildman–Crippen LogP) is 1.74. The highest BCUT2D eigenvalue weighted by Gasteiger charge is 2.23. The summed E-state index contributed by atoms with van der Waals surface area (Å²) >= 11 is 0. The van der Waals surface area contributed by atoms with E-state index in [1.807, 2.05) is 37.0 Å². The Kier molecular flexibility index (Phi) is 4.37. The first-order valence-electron chi connectivity index (χ1n) is 8.27. The zero-order valence-electron chi connectivity index (χ0n) is 13.7. The molecule has 0 aliphatic carbocycles. The first-order valence-corrected chi connectivity index (χ1v) is 8.27. The lowest BCUT2D eigenvalue weighted by atomic mass is 10.0. The van der Waals surface area contributed by atoms with Crippen molar-refractivity contribution in [1.29, 1.82) is 0 Å². The van der Waals surface area contributed by atoms with E-state index in [-0.39, 0.29) is 11.5 Å². The molecule has 2 N–H and O–H groups in total. The molecule has 1 saturated heterocycles. The summed E-state index contributed by atoms with van der Waals surface area (Å²) in [6.07, 6.45) is 6.74. The number of H-pyrrole nitrogens is 1. The van der Waals surface area contributed by atoms with E-state index in [0.29, 0.717) is 13.0 Å². The lowest BCUT2D eigenvalue weighted by molar-refractivity contribution is -0.126. The monoisotopic (exact) mass is 313 g/mol. The van der Waals surface area contributed by atoms with Crippen molar-refractivity contribution in [3.05, 3.63) is 51.0 Å². The molecule has 5 heteroatoms. The summed E-state index contributed by atoms with van der Waals surface area (Å²) in [5, 5.41) is 3.32. The molecule has 3 rings (SSSR count). The van der Waals surface area contributed by atoms with Crippen molar-refractivity contribution in [2.24, 2.45) is 0 Å². The minimum atomic E-state index is -0.0226. The fourth-order valence-electron chi connectivity index (χ4n) is 3.16. The molecular formula is C18H23N3O2. The Hall–Kier alpha value is -2.30. The molecule has 1 aromatic rings. The molecule has 0 bridgehead atoms. The fourth-order valence-corrected chi connectivity index (χ4v) is 3.16. The highest BCUT2D eigenvalue weighted by atomic mass is 16.2. The van der Waals surface area contributed by atoms with E-state index in [0.717, 1.165) is 54.0 Å². The number of carbonyl (C=O) groups is 1. The van der Waals surface area contributed by atoms with E-state index in [1.165, 1.54) is 0 Å². The lowest BCUT2D eigenvalue weighted by Gasteiger charge is -2.22. The molecular weight excluding hydrogens is 290 g/mol. The molecule has 1 fully saturated rings. The van der Waals surface area contributed by atoms with Crippen LogP contribution in [0.5, 0.6) is 0 Å². The largest absolute Gasteiger partial charge is 0.380 e. The van der Waals surface area contributed by atoms with Crippen LogP contribution < -0.4 is 10.9 Å². The number of likely N-dealkylation sites (tertiary alicyclic amines) is 1. The quantitative estimate of drug-likeness (QED) is 0.893. The van der Waals surface area contributed by atoms with E-state index in [9.17, 15) is 9.59 Å². The normalized spacial score (nSPS) is 17.6. The van der Waals surface area contributed by atoms with Gasteiger partial charge in [0.1, 0.15) is 0 Å². The van der Waals surface area contributed by atoms with Crippen molar-refractivity contribution in [3.8, 4) is 0 Å². The molecule has 0 aromatic carbocycles. The third-order valence-electron chi connectivity index (χ3n) is 4.57. The van der Waals surface area contributed by atoms with Gasteiger partial charge in [0.25, 0.3) is 11.5 Å². The van der Waals surface area contributed by atoms with Gasteiger partial charge >= 0.3 is 0 Å². The molecule has 3 heterocycles. The highest BCUT2D eigenvalue weighted by Crippen LogP contribution is 2.20. The van der Waals surface area contributed by atoms with Crippen molar-refractivity contribution in [2.45, 2.75) is 33.1 Å². The Morgan fingerprint density at radius 3 is 2.61 bits per heavy atom. The third-order valence-corrected chi connectivity index (χ3v) is 4.57. The number of pyridine rings is 1. The van der Waals surface area contributed by atoms with Crippen LogP contribution >= 0.6 is 0 Å². The molecule has 1 amide bonds. The van der Waals surface area contributed by atoms with Crippen LogP contribution in [-0.4, -0.2) is 35.4 Å². The number of hydrogen-bond acceptors (Lipinski definition) is 3. The van der Waals surface area contributed by atoms with Crippen LogP contribution in [-0.2, 0) is 11.2 Å². The van der Waals surface area contributed by atoms with Crippen LogP contribution in [0.4, 0.5) is 0 Å². The molecule has 0 atom stereocenters. The van der Waals surface area contributed by atoms with Crippen molar-refractivity contribution in [2.75, 3.05) is 19.6 Å². The van der Waals surface area contributed by atoms with Crippen molar-refractivity contribution >= 4 is 11.6 Å². The van der Waals surface area contributed by atoms with Gasteiger partial charge in [-0.3, -0.25) is 9.59 Å². The van der Waals surface area contributed by atoms with Crippen LogP contribution in [0.3, 0.4) is 0 Å². The second-order valence-corrected chi connectivity index (χ2v) is 6.14. The summed E-state index contributed by atoms with van der Waals surface area (Å²) in [6, 6.07) is 1.94. The lowest BCUT2D eigenvalue weighted by Crippen LogP contribution is -2.34. The third kappa shape index (κ3) is 3.09. The highest BCUT2D eigenvalue weighted by molar-refractivity contribution is 5.95. The number of nitrogens with zero attached hydrogens (tertiary/aromatic N) is 1. The van der Waals surface area contributed by atoms with Crippen molar-refractivity contribution in [3.63, 3.8) is 0 Å². The summed E-state index contributed by atoms with van der Waals surface area (Å²) in [6.45, 7) is 6.13. The number of nitrogens with one attached hydrogen (secondary N) is 2. The smallest absolute Gasteiger partial charge is 0.251 e. The molecule has 0 radical (unpaired) electrons. The summed E-state index contributed by atoms with van der Waals surface area (Å²) in [4.78, 5) is 29.1. The van der Waals surface area contributed by atoms with E-state index >= 15 is 0 Å². The molecule has 122 valence electrons. The maximum absolute atomic E-state index is 12.4. The molecule has 2 aliphatic rings. The van der Waals surface area contributed by atoms with Gasteiger partial charge in [-0.15, -0.1) is 0 Å². The van der Waals surface area contributed by atoms with Crippen molar-refractivity contribution < 1.29 is 4.79 Å². The van der Waals surface area contributed by atoms with Gasteiger partial charge in [-0.05, 0) is 44.4 Å². The number of allylic oxidation sites excluding steroid dienone is 2. The Bertz CT molecular complexity index is 737. The predicted molar refractivity (Wildman–Crippen MR) is 91.1 cm³/mol. The maximum Gasteiger partial charge on any atom is 0.251 e. The first kappa shape index (κ1) is 15.6. The zero-order valence-corrected chi connectivity index (χ0v) is 13.7. The molecule has 0 unspecified atom stereocenters. The Labute approximate surface area is 136 Å². The van der Waals surface area contributed by atoms with Gasteiger partial charge in [-0.1, -0.05) is 6.92 Å². The Morgan fingerprint density at radius 1 is 1.26 bits per heavy atom. The first-order chi connectivity index (χ1) is 11.1. The van der Waals surface area contributed by atoms with Crippen LogP contribution in [0.15, 0.2) is 28.6 Å². The standard InChI is InChI=1S/C18H23N3O2/c1-3-13-10-15(12(2)20-17(13)22)16-7-6-14(11-19-16)18(23)21-8-4-5-9-21/h6-7,10,19H,3-5,8-9,11H2,1-2H3,(H,20,22). The number of aryl methyl sites for hydroxylation is 2. The molecule has 0 spiro atoms. The molecule has 23 heavy (non-hydrogen) atoms. The number of dihydropyridines is 1. The van der Waals surface area contributed by atoms with E-state index in [1.54, 1.807) is 0 Å². The van der Waals surface area contributed by atoms with E-state index in [4.69, 9.17) is 0 Å². The van der Waals surface area contributed by atoms with Gasteiger partial charge < -0.3 is 15.2 Å². The number of rotatable bonds is 3. The minimum Gasteiger partial charge on any atom is -0.380 e. The summed E-state index contributed by atoms with van der Waals surface area (Å²) in [5.41, 5.74) is 4.33. The molecule has 1 aromatic heterocycles. The molecule has 5 nitrogen and oxygen atoms in total. The number of carbonyl (C=O) groups excluding carboxylic acids is 1. The second-order valence-electron chi connectivity index (χ2n) is 6.14. The van der Waals surface area contributed by atoms with E-state index in [2.05, 4.69) is 10.3 Å². The van der Waals surface area contributed by atoms with E-state index < -0.39 is 0 Å². The van der Waals surface area contributed by atoms with Crippen molar-refractivity contribution in [1.82, 2.24) is 15.2 Å². The summed E-state index contributed by atoms with van der Waals surface area (Å²) in [7, 11) is 0. The van der Waals surface area contributed by atoms with Crippen LogP contribution in [0, 0.1) is 6.92 Å². The van der Waals surface area contributed by atoms with Crippen LogP contribution in [0.25, 0.3) is 5.70 Å². The van der Waals surface area contributed by atoms with Gasteiger partial charge in [0.15, 0.2) is 0 Å². The second kappa shape index (κ2) is 6.44. The number of aromatic amines is 1. The fraction of sp³-hybridized carbons (Fsp3) is 0.444. The average Bonchev–Trinajstić information content (AvgIpc) is 3.09. The minimum absolute atomic E-state index is 0.0226. The van der Waals surface area contributed by atoms with Gasteiger partial charge in [0.05, 0.1) is 0 Å². The summed E-state index contributed by atoms with van der Waals surface area (Å²) in [5.74, 6) is 0.137. The topological polar surface area (TPSA) is 65.2 Å². The van der Waals surface area contributed by atoms with Gasteiger partial charge in [-0.25, -0.2) is 0 Å². The molecule has 2 aliphatic heterocycles. The number of hydrogen-bond donors (Lipinski definition) is 2. The number of aromatic nitrogens is 1. The maximum atomic E-state index is 12.4. The zero-order chi connectivity index (χ0) is 16.4. The SMILES string of the molecule is CCc1cc(C2=CC=C(C(=O)N3CCCC3)CN2)c(C)[nH]c1=O. The molecule has 0 saturated carbocycles. The Morgan fingerprint density at radius 2 is 2.00 bits per heavy atom. The number of amides is 1. The average molecular weight is 313 g/mol. The van der Waals surface area contributed by atoms with Gasteiger partial charge in [0, 0.05) is 47.7 Å². The summed E-state index contributed by atoms with van der Waals surface area (Å²) < 4.78 is 0. The Balaban J connectivity index is 1.86. The van der Waals surface area contributed by atoms with Gasteiger partial charge in [0.2, 0.25) is 0 Å². The van der Waals surface area contributed by atoms with Crippen LogP contribution in [0.2, 0.25) is 0 Å². The van der Waals surface area contributed by atoms with Crippen LogP contribution in [0.1, 0.15) is 36.6 Å². The van der Waals surface area contributed by atoms with Gasteiger partial charge in [-0.2, -0.15) is 0 Å².